The highest BCUT2D eigenvalue weighted by molar-refractivity contribution is 6.09. The van der Waals surface area contributed by atoms with Crippen molar-refractivity contribution < 1.29 is 4.79 Å². The van der Waals surface area contributed by atoms with Gasteiger partial charge in [-0.25, -0.2) is 9.78 Å². The second kappa shape index (κ2) is 17.5. The Hall–Kier alpha value is -4.41. The topological polar surface area (TPSA) is 90.1 Å². The molecular formula is C40H51N5O2. The second-order valence-electron chi connectivity index (χ2n) is 12.8. The van der Waals surface area contributed by atoms with E-state index >= 15 is 0 Å². The lowest BCUT2D eigenvalue weighted by molar-refractivity contribution is 0.256. The van der Waals surface area contributed by atoms with Gasteiger partial charge >= 0.3 is 6.03 Å². The molecule has 2 aromatic carbocycles. The fraction of sp³-hybridized carbons (Fsp3) is 0.425. The van der Waals surface area contributed by atoms with Crippen LogP contribution in [-0.4, -0.2) is 35.6 Å². The zero-order valence-electron chi connectivity index (χ0n) is 29.0. The molecular weight excluding hydrogens is 582 g/mol. The number of unbranched alkanes of at least 4 members (excludes halogenated alkanes) is 4. The monoisotopic (exact) mass is 633 g/mol. The predicted octanol–water partition coefficient (Wildman–Crippen LogP) is 9.20. The van der Waals surface area contributed by atoms with E-state index in [0.717, 1.165) is 59.1 Å². The van der Waals surface area contributed by atoms with E-state index in [0.29, 0.717) is 30.0 Å². The minimum Gasteiger partial charge on any atom is -0.307 e. The van der Waals surface area contributed by atoms with E-state index in [9.17, 15) is 9.59 Å². The van der Waals surface area contributed by atoms with E-state index in [1.54, 1.807) is 11.1 Å². The van der Waals surface area contributed by atoms with Gasteiger partial charge in [0, 0.05) is 34.9 Å². The number of carbonyl (C=O) groups is 1. The molecule has 0 aliphatic rings. The Morgan fingerprint density at radius 3 is 2.34 bits per heavy atom. The number of benzene rings is 2. The Morgan fingerprint density at radius 2 is 1.64 bits per heavy atom. The number of hydrogen-bond acceptors (Lipinski definition) is 4. The van der Waals surface area contributed by atoms with Crippen molar-refractivity contribution in [3.05, 3.63) is 87.8 Å². The molecule has 0 bridgehead atoms. The molecule has 2 amide bonds. The van der Waals surface area contributed by atoms with Crippen LogP contribution in [0.2, 0.25) is 0 Å². The van der Waals surface area contributed by atoms with Crippen molar-refractivity contribution in [1.82, 2.24) is 15.3 Å². The van der Waals surface area contributed by atoms with Crippen LogP contribution in [-0.2, 0) is 0 Å². The summed E-state index contributed by atoms with van der Waals surface area (Å²) in [5.41, 5.74) is 5.70. The first-order valence-corrected chi connectivity index (χ1v) is 17.3. The van der Waals surface area contributed by atoms with Gasteiger partial charge in [0.25, 0.3) is 5.56 Å². The zero-order valence-corrected chi connectivity index (χ0v) is 29.0. The SMILES string of the molecule is CCCCCCNCC#Cc1cccc(-c2c(N(CCCC)C(=O)Nc3c(C(C)C)cccc3C(C)C)c(=O)[nH]c3ncccc23)c1. The molecule has 4 rings (SSSR count). The van der Waals surface area contributed by atoms with E-state index in [-0.39, 0.29) is 23.4 Å². The highest BCUT2D eigenvalue weighted by atomic mass is 16.2. The normalized spacial score (nSPS) is 11.1. The van der Waals surface area contributed by atoms with Gasteiger partial charge in [-0.05, 0) is 72.2 Å². The van der Waals surface area contributed by atoms with Crippen molar-refractivity contribution in [3.63, 3.8) is 0 Å². The van der Waals surface area contributed by atoms with Crippen LogP contribution in [0.3, 0.4) is 0 Å². The van der Waals surface area contributed by atoms with Gasteiger partial charge in [-0.1, -0.05) is 109 Å². The molecule has 47 heavy (non-hydrogen) atoms. The van der Waals surface area contributed by atoms with Crippen LogP contribution in [0.25, 0.3) is 22.2 Å². The largest absolute Gasteiger partial charge is 0.326 e. The Labute approximate surface area is 280 Å². The summed E-state index contributed by atoms with van der Waals surface area (Å²) in [4.78, 5) is 37.5. The van der Waals surface area contributed by atoms with Gasteiger partial charge in [0.2, 0.25) is 0 Å². The zero-order chi connectivity index (χ0) is 33.8. The number of amides is 2. The van der Waals surface area contributed by atoms with E-state index < -0.39 is 0 Å². The summed E-state index contributed by atoms with van der Waals surface area (Å²) >= 11 is 0. The Bertz CT molecular complexity index is 1740. The third-order valence-corrected chi connectivity index (χ3v) is 8.42. The van der Waals surface area contributed by atoms with Crippen LogP contribution >= 0.6 is 0 Å². The van der Waals surface area contributed by atoms with Crippen molar-refractivity contribution in [1.29, 1.82) is 0 Å². The molecule has 0 spiro atoms. The van der Waals surface area contributed by atoms with Crippen LogP contribution in [0, 0.1) is 11.8 Å². The molecule has 248 valence electrons. The van der Waals surface area contributed by atoms with Crippen molar-refractivity contribution in [2.45, 2.75) is 91.9 Å². The Kier molecular flexibility index (Phi) is 13.2. The number of hydrogen-bond donors (Lipinski definition) is 3. The molecule has 7 nitrogen and oxygen atoms in total. The summed E-state index contributed by atoms with van der Waals surface area (Å²) < 4.78 is 0. The molecule has 2 aromatic heterocycles. The van der Waals surface area contributed by atoms with Crippen LogP contribution in [0.4, 0.5) is 16.2 Å². The van der Waals surface area contributed by atoms with Crippen LogP contribution in [0.1, 0.15) is 109 Å². The predicted molar refractivity (Wildman–Crippen MR) is 198 cm³/mol. The van der Waals surface area contributed by atoms with E-state index in [2.05, 4.69) is 86.1 Å². The van der Waals surface area contributed by atoms with E-state index in [4.69, 9.17) is 0 Å². The van der Waals surface area contributed by atoms with Crippen molar-refractivity contribution in [3.8, 4) is 23.0 Å². The lowest BCUT2D eigenvalue weighted by atomic mass is 9.92. The first kappa shape index (κ1) is 35.4. The number of carbonyl (C=O) groups excluding carboxylic acids is 1. The van der Waals surface area contributed by atoms with Crippen molar-refractivity contribution in [2.75, 3.05) is 29.9 Å². The standard InChI is InChI=1S/C40H51N5O2/c1-7-9-11-12-23-41-24-15-18-30-17-13-19-31(27-30)35-34-22-16-25-42-38(34)44-39(46)37(35)45(26-10-8-2)40(47)43-36-32(28(3)4)20-14-21-33(36)29(5)6/h13-14,16-17,19-22,25,27-29,41H,7-12,23-24,26H2,1-6H3,(H,43,47)(H,42,44,46). The summed E-state index contributed by atoms with van der Waals surface area (Å²) in [6.07, 6.45) is 8.13. The summed E-state index contributed by atoms with van der Waals surface area (Å²) in [5.74, 6) is 6.94. The molecule has 3 N–H and O–H groups in total. The molecule has 0 fully saturated rings. The fourth-order valence-corrected chi connectivity index (χ4v) is 5.89. The van der Waals surface area contributed by atoms with Gasteiger partial charge in [0.1, 0.15) is 11.3 Å². The molecule has 0 atom stereocenters. The average molecular weight is 634 g/mol. The van der Waals surface area contributed by atoms with Gasteiger partial charge in [-0.2, -0.15) is 0 Å². The number of pyridine rings is 2. The number of rotatable bonds is 14. The number of anilines is 2. The third kappa shape index (κ3) is 9.11. The number of para-hydroxylation sites is 1. The maximum Gasteiger partial charge on any atom is 0.326 e. The molecule has 4 aromatic rings. The number of nitrogens with zero attached hydrogens (tertiary/aromatic N) is 2. The van der Waals surface area contributed by atoms with Crippen LogP contribution in [0.5, 0.6) is 0 Å². The average Bonchev–Trinajstić information content (AvgIpc) is 3.06. The lowest BCUT2D eigenvalue weighted by Gasteiger charge is -2.27. The van der Waals surface area contributed by atoms with Crippen molar-refractivity contribution in [2.24, 2.45) is 0 Å². The van der Waals surface area contributed by atoms with Gasteiger partial charge < -0.3 is 15.6 Å². The summed E-state index contributed by atoms with van der Waals surface area (Å²) in [6.45, 7) is 14.8. The molecule has 2 heterocycles. The summed E-state index contributed by atoms with van der Waals surface area (Å²) in [5, 5.41) is 7.44. The Balaban J connectivity index is 1.79. The molecule has 0 aliphatic heterocycles. The maximum atomic E-state index is 14.4. The second-order valence-corrected chi connectivity index (χ2v) is 12.8. The molecule has 0 radical (unpaired) electrons. The highest BCUT2D eigenvalue weighted by Crippen LogP contribution is 2.36. The number of nitrogens with one attached hydrogen (secondary N) is 3. The quantitative estimate of drug-likeness (QED) is 0.0954. The third-order valence-electron chi connectivity index (χ3n) is 8.42. The van der Waals surface area contributed by atoms with E-state index in [1.165, 1.54) is 19.3 Å². The van der Waals surface area contributed by atoms with Crippen LogP contribution < -0.4 is 21.1 Å². The molecule has 0 aliphatic carbocycles. The fourth-order valence-electron chi connectivity index (χ4n) is 5.89. The van der Waals surface area contributed by atoms with Crippen molar-refractivity contribution >= 4 is 28.4 Å². The smallest absolute Gasteiger partial charge is 0.307 e. The number of aromatic amines is 1. The lowest BCUT2D eigenvalue weighted by Crippen LogP contribution is -2.40. The first-order chi connectivity index (χ1) is 22.8. The van der Waals surface area contributed by atoms with Gasteiger partial charge in [-0.3, -0.25) is 9.69 Å². The van der Waals surface area contributed by atoms with E-state index in [1.807, 2.05) is 42.5 Å². The minimum absolute atomic E-state index is 0.207. The molecule has 0 saturated heterocycles. The number of aromatic nitrogens is 2. The van der Waals surface area contributed by atoms with Gasteiger partial charge in [-0.15, -0.1) is 0 Å². The van der Waals surface area contributed by atoms with Gasteiger partial charge in [0.05, 0.1) is 6.54 Å². The molecule has 7 heteroatoms. The number of urea groups is 1. The minimum atomic E-state index is -0.359. The van der Waals surface area contributed by atoms with Crippen LogP contribution in [0.15, 0.2) is 65.6 Å². The number of fused-ring (bicyclic) bond motifs is 1. The van der Waals surface area contributed by atoms with Gasteiger partial charge in [0.15, 0.2) is 0 Å². The molecule has 0 saturated carbocycles. The Morgan fingerprint density at radius 1 is 0.915 bits per heavy atom. The summed E-state index contributed by atoms with van der Waals surface area (Å²) in [7, 11) is 0. The molecule has 0 unspecified atom stereocenters. The maximum absolute atomic E-state index is 14.4. The summed E-state index contributed by atoms with van der Waals surface area (Å²) in [6, 6.07) is 17.6. The first-order valence-electron chi connectivity index (χ1n) is 17.3. The number of H-pyrrole nitrogens is 1. The highest BCUT2D eigenvalue weighted by Gasteiger charge is 2.27.